The number of halogens is 2. The highest BCUT2D eigenvalue weighted by molar-refractivity contribution is 9.10. The molecule has 0 aliphatic carbocycles. The minimum absolute atomic E-state index is 0.124. The summed E-state index contributed by atoms with van der Waals surface area (Å²) in [6.07, 6.45) is 2.65. The molecule has 2 aromatic rings. The first-order chi connectivity index (χ1) is 10.6. The van der Waals surface area contributed by atoms with Crippen LogP contribution in [0.3, 0.4) is 0 Å². The molecule has 0 spiro atoms. The molecular weight excluding hydrogens is 351 g/mol. The fraction of sp³-hybridized carbons (Fsp3) is 0.333. The number of nitrogens with one attached hydrogen (secondary N) is 1. The maximum absolute atomic E-state index is 13.0. The Kier molecular flexibility index (Phi) is 4.26. The van der Waals surface area contributed by atoms with Crippen molar-refractivity contribution in [2.24, 2.45) is 0 Å². The Morgan fingerprint density at radius 1 is 1.45 bits per heavy atom. The Balaban J connectivity index is 1.85. The number of hydrogen-bond acceptors (Lipinski definition) is 3. The Bertz CT molecular complexity index is 679. The second kappa shape index (κ2) is 6.18. The minimum atomic E-state index is -0.306. The maximum atomic E-state index is 13.0. The van der Waals surface area contributed by atoms with E-state index in [9.17, 15) is 9.18 Å². The van der Waals surface area contributed by atoms with E-state index < -0.39 is 0 Å². The number of carbonyl (C=O) groups excluding carboxylic acids is 1. The lowest BCUT2D eigenvalue weighted by Gasteiger charge is -2.22. The first-order valence-electron chi connectivity index (χ1n) is 7.05. The molecule has 116 valence electrons. The third-order valence-electron chi connectivity index (χ3n) is 3.87. The van der Waals surface area contributed by atoms with Crippen LogP contribution in [0.1, 0.15) is 16.9 Å². The molecule has 1 amide bonds. The topological polar surface area (TPSA) is 50.2 Å². The van der Waals surface area contributed by atoms with E-state index in [0.717, 1.165) is 19.5 Å². The summed E-state index contributed by atoms with van der Waals surface area (Å²) in [5.41, 5.74) is 1.06. The predicted molar refractivity (Wildman–Crippen MR) is 84.6 cm³/mol. The Morgan fingerprint density at radius 3 is 2.82 bits per heavy atom. The van der Waals surface area contributed by atoms with Crippen molar-refractivity contribution in [1.82, 2.24) is 20.0 Å². The van der Waals surface area contributed by atoms with Gasteiger partial charge >= 0.3 is 0 Å². The first-order valence-corrected chi connectivity index (χ1v) is 7.84. The van der Waals surface area contributed by atoms with Crippen LogP contribution in [0.15, 0.2) is 34.9 Å². The van der Waals surface area contributed by atoms with Crippen molar-refractivity contribution < 1.29 is 9.18 Å². The normalized spacial score (nSPS) is 17.7. The maximum Gasteiger partial charge on any atom is 0.275 e. The van der Waals surface area contributed by atoms with Crippen LogP contribution in [0.5, 0.6) is 0 Å². The van der Waals surface area contributed by atoms with E-state index in [0.29, 0.717) is 15.9 Å². The monoisotopic (exact) mass is 366 g/mol. The van der Waals surface area contributed by atoms with Gasteiger partial charge in [-0.2, -0.15) is 5.10 Å². The molecular formula is C15H16BrFN4O. The van der Waals surface area contributed by atoms with Gasteiger partial charge in [0.25, 0.3) is 5.91 Å². The van der Waals surface area contributed by atoms with Crippen molar-refractivity contribution >= 4 is 21.8 Å². The molecule has 1 aromatic heterocycles. The minimum Gasteiger partial charge on any atom is -0.336 e. The summed E-state index contributed by atoms with van der Waals surface area (Å²) in [6, 6.07) is 6.16. The second-order valence-electron chi connectivity index (χ2n) is 5.31. The van der Waals surface area contributed by atoms with Gasteiger partial charge in [0.2, 0.25) is 0 Å². The number of nitrogens with zero attached hydrogens (tertiary/aromatic N) is 3. The molecule has 1 aliphatic rings. The van der Waals surface area contributed by atoms with Crippen molar-refractivity contribution in [3.8, 4) is 5.69 Å². The Labute approximate surface area is 136 Å². The molecule has 22 heavy (non-hydrogen) atoms. The van der Waals surface area contributed by atoms with Gasteiger partial charge in [-0.25, -0.2) is 9.07 Å². The van der Waals surface area contributed by atoms with Gasteiger partial charge in [-0.1, -0.05) is 0 Å². The van der Waals surface area contributed by atoms with Crippen LogP contribution in [0.2, 0.25) is 0 Å². The van der Waals surface area contributed by atoms with Crippen molar-refractivity contribution in [3.05, 3.63) is 46.4 Å². The van der Waals surface area contributed by atoms with Crippen LogP contribution in [0.25, 0.3) is 5.69 Å². The standard InChI is InChI=1S/C15H16BrFN4O/c1-20(12-6-7-18-8-12)15(22)14-13(16)9-21(19-14)11-4-2-10(17)3-5-11/h2-5,9,12,18H,6-8H2,1H3/t12-/m0/s1. The highest BCUT2D eigenvalue weighted by atomic mass is 79.9. The summed E-state index contributed by atoms with van der Waals surface area (Å²) in [7, 11) is 1.79. The number of rotatable bonds is 3. The molecule has 7 heteroatoms. The summed E-state index contributed by atoms with van der Waals surface area (Å²) in [5, 5.41) is 7.58. The summed E-state index contributed by atoms with van der Waals surface area (Å²) >= 11 is 3.39. The molecule has 3 rings (SSSR count). The molecule has 1 N–H and O–H groups in total. The summed E-state index contributed by atoms with van der Waals surface area (Å²) < 4.78 is 15.2. The Hall–Kier alpha value is -1.73. The molecule has 5 nitrogen and oxygen atoms in total. The lowest BCUT2D eigenvalue weighted by atomic mass is 10.2. The van der Waals surface area contributed by atoms with Crippen LogP contribution in [-0.4, -0.2) is 46.8 Å². The molecule has 2 heterocycles. The van der Waals surface area contributed by atoms with Crippen molar-refractivity contribution in [2.45, 2.75) is 12.5 Å². The SMILES string of the molecule is CN(C(=O)c1nn(-c2ccc(F)cc2)cc1Br)[C@H]1CCNC1. The fourth-order valence-electron chi connectivity index (χ4n) is 2.53. The summed E-state index contributed by atoms with van der Waals surface area (Å²) in [4.78, 5) is 14.3. The zero-order valence-electron chi connectivity index (χ0n) is 12.1. The second-order valence-corrected chi connectivity index (χ2v) is 6.16. The quantitative estimate of drug-likeness (QED) is 0.905. The third kappa shape index (κ3) is 2.91. The van der Waals surface area contributed by atoms with Crippen LogP contribution >= 0.6 is 15.9 Å². The molecule has 1 fully saturated rings. The average molecular weight is 367 g/mol. The van der Waals surface area contributed by atoms with Crippen LogP contribution < -0.4 is 5.32 Å². The number of amides is 1. The first kappa shape index (κ1) is 15.2. The number of hydrogen-bond donors (Lipinski definition) is 1. The fourth-order valence-corrected chi connectivity index (χ4v) is 2.97. The average Bonchev–Trinajstić information content (AvgIpc) is 3.16. The molecule has 0 unspecified atom stereocenters. The molecule has 1 aromatic carbocycles. The van der Waals surface area contributed by atoms with Gasteiger partial charge in [0, 0.05) is 25.8 Å². The summed E-state index contributed by atoms with van der Waals surface area (Å²) in [5.74, 6) is -0.429. The smallest absolute Gasteiger partial charge is 0.275 e. The molecule has 1 saturated heterocycles. The van der Waals surface area contributed by atoms with E-state index >= 15 is 0 Å². The van der Waals surface area contributed by atoms with Crippen molar-refractivity contribution in [3.63, 3.8) is 0 Å². The molecule has 0 radical (unpaired) electrons. The van der Waals surface area contributed by atoms with E-state index in [1.54, 1.807) is 35.0 Å². The van der Waals surface area contributed by atoms with Gasteiger partial charge in [0.05, 0.1) is 10.2 Å². The zero-order chi connectivity index (χ0) is 15.7. The van der Waals surface area contributed by atoms with Gasteiger partial charge in [-0.15, -0.1) is 0 Å². The van der Waals surface area contributed by atoms with Crippen molar-refractivity contribution in [1.29, 1.82) is 0 Å². The van der Waals surface area contributed by atoms with Crippen LogP contribution in [0.4, 0.5) is 4.39 Å². The van der Waals surface area contributed by atoms with E-state index in [-0.39, 0.29) is 17.8 Å². The van der Waals surface area contributed by atoms with Gasteiger partial charge in [-0.05, 0) is 53.2 Å². The van der Waals surface area contributed by atoms with Gasteiger partial charge in [0.1, 0.15) is 5.82 Å². The largest absolute Gasteiger partial charge is 0.336 e. The van der Waals surface area contributed by atoms with E-state index in [1.165, 1.54) is 12.1 Å². The van der Waals surface area contributed by atoms with Gasteiger partial charge in [0.15, 0.2) is 5.69 Å². The number of carbonyl (C=O) groups is 1. The van der Waals surface area contributed by atoms with E-state index in [1.807, 2.05) is 0 Å². The zero-order valence-corrected chi connectivity index (χ0v) is 13.7. The summed E-state index contributed by atoms with van der Waals surface area (Å²) in [6.45, 7) is 1.73. The highest BCUT2D eigenvalue weighted by Crippen LogP contribution is 2.21. The molecule has 0 bridgehead atoms. The number of aromatic nitrogens is 2. The van der Waals surface area contributed by atoms with E-state index in [2.05, 4.69) is 26.3 Å². The van der Waals surface area contributed by atoms with Gasteiger partial charge < -0.3 is 10.2 Å². The lowest BCUT2D eigenvalue weighted by molar-refractivity contribution is 0.0736. The van der Waals surface area contributed by atoms with Gasteiger partial charge in [-0.3, -0.25) is 4.79 Å². The van der Waals surface area contributed by atoms with E-state index in [4.69, 9.17) is 0 Å². The van der Waals surface area contributed by atoms with Crippen molar-refractivity contribution in [2.75, 3.05) is 20.1 Å². The predicted octanol–water partition coefficient (Wildman–Crippen LogP) is 2.21. The highest BCUT2D eigenvalue weighted by Gasteiger charge is 2.27. The third-order valence-corrected chi connectivity index (χ3v) is 4.45. The molecule has 1 atom stereocenters. The van der Waals surface area contributed by atoms with Crippen LogP contribution in [-0.2, 0) is 0 Å². The Morgan fingerprint density at radius 2 is 2.18 bits per heavy atom. The number of likely N-dealkylation sites (N-methyl/N-ethyl adjacent to an activating group) is 1. The van der Waals surface area contributed by atoms with Crippen LogP contribution in [0, 0.1) is 5.82 Å². The molecule has 1 aliphatic heterocycles. The molecule has 0 saturated carbocycles. The lowest BCUT2D eigenvalue weighted by Crippen LogP contribution is -2.38. The number of benzene rings is 1.